The Bertz CT molecular complexity index is 446. The molecule has 0 amide bonds. The van der Waals surface area contributed by atoms with Crippen molar-refractivity contribution in [1.82, 2.24) is 10.6 Å². The number of ether oxygens (including phenoxy) is 1. The molecule has 2 saturated heterocycles. The molecule has 1 saturated carbocycles. The fourth-order valence-electron chi connectivity index (χ4n) is 4.49. The van der Waals surface area contributed by atoms with Gasteiger partial charge in [0, 0.05) is 35.3 Å². The maximum Gasteiger partial charge on any atom is 0.191 e. The minimum Gasteiger partial charge on any atom is -0.377 e. The molecule has 3 aliphatic rings. The molecule has 0 aromatic rings. The topological polar surface area (TPSA) is 45.7 Å². The molecule has 2 heterocycles. The van der Waals surface area contributed by atoms with Crippen LogP contribution in [-0.4, -0.2) is 48.3 Å². The molecule has 0 radical (unpaired) electrons. The van der Waals surface area contributed by atoms with E-state index in [1.165, 1.54) is 31.4 Å². The van der Waals surface area contributed by atoms with Crippen molar-refractivity contribution in [3.63, 3.8) is 0 Å². The largest absolute Gasteiger partial charge is 0.377 e. The van der Waals surface area contributed by atoms with E-state index in [4.69, 9.17) is 9.73 Å². The van der Waals surface area contributed by atoms with Crippen LogP contribution in [0.3, 0.4) is 0 Å². The van der Waals surface area contributed by atoms with E-state index in [9.17, 15) is 0 Å². The van der Waals surface area contributed by atoms with Gasteiger partial charge in [-0.1, -0.05) is 13.8 Å². The zero-order chi connectivity index (χ0) is 16.5. The third kappa shape index (κ3) is 3.51. The first kappa shape index (κ1) is 17.4. The third-order valence-corrected chi connectivity index (χ3v) is 7.36. The summed E-state index contributed by atoms with van der Waals surface area (Å²) in [6.45, 7) is 11.9. The highest BCUT2D eigenvalue weighted by Crippen LogP contribution is 2.51. The number of rotatable bonds is 4. The Labute approximate surface area is 145 Å². The van der Waals surface area contributed by atoms with Crippen LogP contribution >= 0.6 is 11.8 Å². The van der Waals surface area contributed by atoms with Crippen LogP contribution in [0, 0.1) is 11.3 Å². The van der Waals surface area contributed by atoms with Crippen molar-refractivity contribution in [2.75, 3.05) is 25.4 Å². The average molecular weight is 340 g/mol. The molecule has 4 atom stereocenters. The Morgan fingerprint density at radius 1 is 1.30 bits per heavy atom. The lowest BCUT2D eigenvalue weighted by Crippen LogP contribution is -2.71. The number of guanidine groups is 1. The van der Waals surface area contributed by atoms with Crippen LogP contribution in [0.5, 0.6) is 0 Å². The molecule has 5 heteroatoms. The molecule has 4 unspecified atom stereocenters. The summed E-state index contributed by atoms with van der Waals surface area (Å²) >= 11 is 2.08. The lowest BCUT2D eigenvalue weighted by Gasteiger charge is -2.60. The number of hydrogen-bond acceptors (Lipinski definition) is 3. The lowest BCUT2D eigenvalue weighted by atomic mass is 9.55. The highest BCUT2D eigenvalue weighted by atomic mass is 32.2. The summed E-state index contributed by atoms with van der Waals surface area (Å²) < 4.78 is 6.34. The van der Waals surface area contributed by atoms with Crippen molar-refractivity contribution in [2.45, 2.75) is 70.3 Å². The van der Waals surface area contributed by atoms with Gasteiger partial charge < -0.3 is 15.4 Å². The van der Waals surface area contributed by atoms with Crippen LogP contribution in [0.2, 0.25) is 0 Å². The van der Waals surface area contributed by atoms with E-state index >= 15 is 0 Å². The minimum atomic E-state index is 0.188. The Balaban J connectivity index is 1.64. The van der Waals surface area contributed by atoms with Crippen LogP contribution in [0.15, 0.2) is 4.99 Å². The van der Waals surface area contributed by atoms with E-state index in [1.54, 1.807) is 0 Å². The zero-order valence-corrected chi connectivity index (χ0v) is 16.0. The Morgan fingerprint density at radius 2 is 2.13 bits per heavy atom. The molecule has 0 spiro atoms. The van der Waals surface area contributed by atoms with Crippen LogP contribution in [0.4, 0.5) is 0 Å². The number of fused-ring (bicyclic) bond motifs is 1. The molecule has 3 rings (SSSR count). The first-order chi connectivity index (χ1) is 11.0. The Kier molecular flexibility index (Phi) is 5.17. The van der Waals surface area contributed by atoms with E-state index in [0.717, 1.165) is 25.7 Å². The van der Waals surface area contributed by atoms with Gasteiger partial charge >= 0.3 is 0 Å². The monoisotopic (exact) mass is 339 g/mol. The smallest absolute Gasteiger partial charge is 0.191 e. The van der Waals surface area contributed by atoms with Gasteiger partial charge in [-0.25, -0.2) is 0 Å². The van der Waals surface area contributed by atoms with E-state index < -0.39 is 0 Å². The Hall–Kier alpha value is -0.420. The quantitative estimate of drug-likeness (QED) is 0.610. The molecular formula is C18H33N3OS. The van der Waals surface area contributed by atoms with Gasteiger partial charge in [0.1, 0.15) is 0 Å². The third-order valence-electron chi connectivity index (χ3n) is 5.84. The number of hydrogen-bond donors (Lipinski definition) is 2. The predicted octanol–water partition coefficient (Wildman–Crippen LogP) is 3.03. The normalized spacial score (nSPS) is 39.5. The van der Waals surface area contributed by atoms with Crippen molar-refractivity contribution in [1.29, 1.82) is 0 Å². The summed E-state index contributed by atoms with van der Waals surface area (Å²) in [7, 11) is 0. The molecule has 0 aromatic carbocycles. The van der Waals surface area contributed by atoms with Crippen molar-refractivity contribution in [3.8, 4) is 0 Å². The second kappa shape index (κ2) is 6.83. The molecule has 0 bridgehead atoms. The van der Waals surface area contributed by atoms with Crippen molar-refractivity contribution in [2.24, 2.45) is 16.3 Å². The summed E-state index contributed by atoms with van der Waals surface area (Å²) in [5, 5.41) is 7.18. The first-order valence-electron chi connectivity index (χ1n) is 9.27. The van der Waals surface area contributed by atoms with Gasteiger partial charge in [-0.2, -0.15) is 11.8 Å². The van der Waals surface area contributed by atoms with Gasteiger partial charge in [-0.3, -0.25) is 4.99 Å². The minimum absolute atomic E-state index is 0.188. The summed E-state index contributed by atoms with van der Waals surface area (Å²) in [4.78, 5) is 4.93. The predicted molar refractivity (Wildman–Crippen MR) is 99.2 cm³/mol. The van der Waals surface area contributed by atoms with E-state index in [2.05, 4.69) is 50.1 Å². The second-order valence-electron chi connectivity index (χ2n) is 8.14. The highest BCUT2D eigenvalue weighted by Gasteiger charge is 2.58. The lowest BCUT2D eigenvalue weighted by molar-refractivity contribution is -0.188. The SMILES string of the molecule is CCNC(=NCC1(C)CCCS1)NC1C2CCCOC2C1(C)C. The fraction of sp³-hybridized carbons (Fsp3) is 0.944. The van der Waals surface area contributed by atoms with Crippen molar-refractivity contribution >= 4 is 17.7 Å². The van der Waals surface area contributed by atoms with Gasteiger partial charge in [0.15, 0.2) is 5.96 Å². The number of nitrogens with zero attached hydrogens (tertiary/aromatic N) is 1. The molecule has 23 heavy (non-hydrogen) atoms. The number of thioether (sulfide) groups is 1. The van der Waals surface area contributed by atoms with Crippen LogP contribution in [0.25, 0.3) is 0 Å². The molecule has 4 nitrogen and oxygen atoms in total. The molecule has 3 fully saturated rings. The van der Waals surface area contributed by atoms with Gasteiger partial charge in [0.25, 0.3) is 0 Å². The molecular weight excluding hydrogens is 306 g/mol. The van der Waals surface area contributed by atoms with Gasteiger partial charge in [0.2, 0.25) is 0 Å². The fourth-order valence-corrected chi connectivity index (χ4v) is 5.72. The van der Waals surface area contributed by atoms with Crippen molar-refractivity contribution < 1.29 is 4.74 Å². The summed E-state index contributed by atoms with van der Waals surface area (Å²) in [6.07, 6.45) is 5.50. The summed E-state index contributed by atoms with van der Waals surface area (Å²) in [6, 6.07) is 0.467. The maximum atomic E-state index is 6.02. The summed E-state index contributed by atoms with van der Waals surface area (Å²) in [5.41, 5.74) is 0.188. The second-order valence-corrected chi connectivity index (χ2v) is 9.82. The number of nitrogens with one attached hydrogen (secondary N) is 2. The maximum absolute atomic E-state index is 6.02. The van der Waals surface area contributed by atoms with Crippen LogP contribution in [-0.2, 0) is 4.74 Å². The molecule has 2 aliphatic heterocycles. The van der Waals surface area contributed by atoms with Gasteiger partial charge in [0.05, 0.1) is 12.6 Å². The average Bonchev–Trinajstić information content (AvgIpc) is 2.97. The first-order valence-corrected chi connectivity index (χ1v) is 10.3. The van der Waals surface area contributed by atoms with Crippen LogP contribution in [0.1, 0.15) is 53.4 Å². The van der Waals surface area contributed by atoms with E-state index in [-0.39, 0.29) is 5.41 Å². The summed E-state index contributed by atoms with van der Waals surface area (Å²) in [5.74, 6) is 2.91. The molecule has 1 aliphatic carbocycles. The van der Waals surface area contributed by atoms with Gasteiger partial charge in [-0.15, -0.1) is 0 Å². The molecule has 0 aromatic heterocycles. The van der Waals surface area contributed by atoms with E-state index in [1.807, 2.05) is 0 Å². The zero-order valence-electron chi connectivity index (χ0n) is 15.2. The van der Waals surface area contributed by atoms with Gasteiger partial charge in [-0.05, 0) is 45.3 Å². The highest BCUT2D eigenvalue weighted by molar-refractivity contribution is 8.00. The Morgan fingerprint density at radius 3 is 2.83 bits per heavy atom. The molecule has 132 valence electrons. The number of aliphatic imine (C=N–C) groups is 1. The standard InChI is InChI=1S/C18H33N3OS/c1-5-19-16(20-12-18(4)9-7-11-23-18)21-14-13-8-6-10-22-15(13)17(14,2)3/h13-15H,5-12H2,1-4H3,(H2,19,20,21). The molecule has 2 N–H and O–H groups in total. The van der Waals surface area contributed by atoms with E-state index in [0.29, 0.717) is 22.8 Å². The van der Waals surface area contributed by atoms with Crippen LogP contribution < -0.4 is 10.6 Å². The van der Waals surface area contributed by atoms with Crippen molar-refractivity contribution in [3.05, 3.63) is 0 Å².